The van der Waals surface area contributed by atoms with Crippen molar-refractivity contribution in [1.82, 2.24) is 20.4 Å². The van der Waals surface area contributed by atoms with E-state index in [1.54, 1.807) is 24.3 Å². The van der Waals surface area contributed by atoms with E-state index in [9.17, 15) is 10.1 Å². The first-order valence-corrected chi connectivity index (χ1v) is 9.99. The Morgan fingerprint density at radius 1 is 1.10 bits per heavy atom. The van der Waals surface area contributed by atoms with Crippen LogP contribution in [0.3, 0.4) is 0 Å². The van der Waals surface area contributed by atoms with E-state index in [1.165, 1.54) is 6.07 Å². The number of para-hydroxylation sites is 1. The van der Waals surface area contributed by atoms with Crippen LogP contribution in [-0.2, 0) is 6.54 Å². The van der Waals surface area contributed by atoms with Crippen LogP contribution >= 0.6 is 0 Å². The van der Waals surface area contributed by atoms with E-state index in [0.29, 0.717) is 23.6 Å². The van der Waals surface area contributed by atoms with E-state index < -0.39 is 4.92 Å². The monoisotopic (exact) mass is 408 g/mol. The van der Waals surface area contributed by atoms with Crippen LogP contribution in [0, 0.1) is 10.1 Å². The topological polar surface area (TPSA) is 101 Å². The zero-order valence-corrected chi connectivity index (χ0v) is 16.6. The minimum atomic E-state index is -0.407. The van der Waals surface area contributed by atoms with Gasteiger partial charge >= 0.3 is 0 Å². The highest BCUT2D eigenvalue weighted by molar-refractivity contribution is 5.70. The molecule has 3 aromatic rings. The Kier molecular flexibility index (Phi) is 6.31. The van der Waals surface area contributed by atoms with Gasteiger partial charge in [0.1, 0.15) is 11.5 Å². The predicted octanol–water partition coefficient (Wildman–Crippen LogP) is 2.56. The Labute approximate surface area is 174 Å². The maximum atomic E-state index is 11.2. The molecule has 3 heterocycles. The zero-order valence-electron chi connectivity index (χ0n) is 16.6. The van der Waals surface area contributed by atoms with Crippen molar-refractivity contribution in [2.45, 2.75) is 6.54 Å². The quantitative estimate of drug-likeness (QED) is 0.345. The number of aromatic nitrogens is 2. The smallest absolute Gasteiger partial charge is 0.278 e. The molecule has 0 spiro atoms. The molecule has 1 aromatic carbocycles. The van der Waals surface area contributed by atoms with Crippen molar-refractivity contribution in [1.29, 1.82) is 0 Å². The Morgan fingerprint density at radius 2 is 1.90 bits per heavy atom. The first-order valence-electron chi connectivity index (χ1n) is 9.99. The van der Waals surface area contributed by atoms with Crippen molar-refractivity contribution < 1.29 is 9.45 Å². The molecular formula is C21H24N6O3. The highest BCUT2D eigenvalue weighted by atomic mass is 16.6. The third kappa shape index (κ3) is 4.81. The van der Waals surface area contributed by atoms with Gasteiger partial charge in [0.15, 0.2) is 5.76 Å². The summed E-state index contributed by atoms with van der Waals surface area (Å²) in [7, 11) is 0. The molecule has 30 heavy (non-hydrogen) atoms. The third-order valence-electron chi connectivity index (χ3n) is 5.19. The summed E-state index contributed by atoms with van der Waals surface area (Å²) < 4.78 is 5.35. The number of nitrogens with zero attached hydrogens (tertiary/aromatic N) is 5. The van der Waals surface area contributed by atoms with Gasteiger partial charge in [-0.25, -0.2) is 4.98 Å². The van der Waals surface area contributed by atoms with Gasteiger partial charge in [0.25, 0.3) is 5.69 Å². The molecule has 0 saturated carbocycles. The molecule has 1 aliphatic heterocycles. The molecule has 9 heteroatoms. The number of hydrogen-bond donors (Lipinski definition) is 1. The lowest BCUT2D eigenvalue weighted by Gasteiger charge is -2.35. The van der Waals surface area contributed by atoms with Crippen LogP contribution in [0.4, 0.5) is 11.5 Å². The molecule has 0 aliphatic carbocycles. The number of hydrogen-bond acceptors (Lipinski definition) is 8. The van der Waals surface area contributed by atoms with Gasteiger partial charge in [0.2, 0.25) is 0 Å². The Bertz CT molecular complexity index is 970. The van der Waals surface area contributed by atoms with E-state index >= 15 is 0 Å². The summed E-state index contributed by atoms with van der Waals surface area (Å²) in [6, 6.07) is 14.3. The summed E-state index contributed by atoms with van der Waals surface area (Å²) in [5.41, 5.74) is 0.961. The number of piperazine rings is 1. The summed E-state index contributed by atoms with van der Waals surface area (Å²) in [6.07, 6.45) is 1.83. The fourth-order valence-electron chi connectivity index (χ4n) is 3.56. The molecule has 0 atom stereocenters. The maximum absolute atomic E-state index is 11.2. The number of benzene rings is 1. The van der Waals surface area contributed by atoms with Gasteiger partial charge in [-0.2, -0.15) is 0 Å². The molecular weight excluding hydrogens is 384 g/mol. The Morgan fingerprint density at radius 3 is 2.67 bits per heavy atom. The molecule has 1 N–H and O–H groups in total. The van der Waals surface area contributed by atoms with Crippen LogP contribution in [0.1, 0.15) is 5.76 Å². The molecule has 0 radical (unpaired) electrons. The molecule has 1 fully saturated rings. The third-order valence-corrected chi connectivity index (χ3v) is 5.19. The van der Waals surface area contributed by atoms with E-state index in [2.05, 4.69) is 25.3 Å². The minimum Gasteiger partial charge on any atom is -0.359 e. The van der Waals surface area contributed by atoms with Crippen LogP contribution in [0.15, 0.2) is 59.3 Å². The van der Waals surface area contributed by atoms with Gasteiger partial charge in [-0.3, -0.25) is 15.0 Å². The van der Waals surface area contributed by atoms with Gasteiger partial charge in [-0.1, -0.05) is 23.4 Å². The fraction of sp³-hybridized carbons (Fsp3) is 0.333. The van der Waals surface area contributed by atoms with Crippen LogP contribution in [0.2, 0.25) is 0 Å². The molecule has 4 rings (SSSR count). The zero-order chi connectivity index (χ0) is 20.8. The first-order chi connectivity index (χ1) is 14.7. The standard InChI is InChI=1S/C21H24N6O3/c28-27(29)20-6-2-1-5-18(20)19-15-17(30-24-19)16-22-9-10-25-11-13-26(14-12-25)21-7-3-4-8-23-21/h1-8,15,22H,9-14,16H2. The number of nitrogens with one attached hydrogen (secondary N) is 1. The number of pyridine rings is 1. The lowest BCUT2D eigenvalue weighted by atomic mass is 10.1. The highest BCUT2D eigenvalue weighted by Crippen LogP contribution is 2.28. The average Bonchev–Trinajstić information content (AvgIpc) is 3.26. The van der Waals surface area contributed by atoms with Gasteiger partial charge in [-0.15, -0.1) is 0 Å². The van der Waals surface area contributed by atoms with Crippen molar-refractivity contribution >= 4 is 11.5 Å². The fourth-order valence-corrected chi connectivity index (χ4v) is 3.56. The largest absolute Gasteiger partial charge is 0.359 e. The molecule has 1 saturated heterocycles. The van der Waals surface area contributed by atoms with Crippen molar-refractivity contribution in [2.75, 3.05) is 44.2 Å². The molecule has 9 nitrogen and oxygen atoms in total. The highest BCUT2D eigenvalue weighted by Gasteiger charge is 2.19. The van der Waals surface area contributed by atoms with Crippen LogP contribution in [0.5, 0.6) is 0 Å². The van der Waals surface area contributed by atoms with Crippen LogP contribution in [0.25, 0.3) is 11.3 Å². The number of nitro benzene ring substituents is 1. The van der Waals surface area contributed by atoms with Gasteiger partial charge in [0, 0.05) is 57.6 Å². The predicted molar refractivity (Wildman–Crippen MR) is 113 cm³/mol. The minimum absolute atomic E-state index is 0.0233. The molecule has 156 valence electrons. The summed E-state index contributed by atoms with van der Waals surface area (Å²) >= 11 is 0. The second kappa shape index (κ2) is 9.47. The summed E-state index contributed by atoms with van der Waals surface area (Å²) in [4.78, 5) is 19.9. The summed E-state index contributed by atoms with van der Waals surface area (Å²) in [5, 5.41) is 18.5. The normalized spacial score (nSPS) is 14.7. The summed E-state index contributed by atoms with van der Waals surface area (Å²) in [5.74, 6) is 1.69. The van der Waals surface area contributed by atoms with Crippen LogP contribution < -0.4 is 10.2 Å². The lowest BCUT2D eigenvalue weighted by molar-refractivity contribution is -0.384. The van der Waals surface area contributed by atoms with Gasteiger partial charge in [-0.05, 0) is 18.2 Å². The van der Waals surface area contributed by atoms with Crippen LogP contribution in [-0.4, -0.2) is 59.2 Å². The van der Waals surface area contributed by atoms with Crippen molar-refractivity contribution in [3.63, 3.8) is 0 Å². The number of nitro groups is 1. The van der Waals surface area contributed by atoms with E-state index in [0.717, 1.165) is 45.1 Å². The molecule has 0 unspecified atom stereocenters. The molecule has 2 aromatic heterocycles. The molecule has 1 aliphatic rings. The van der Waals surface area contributed by atoms with E-state index in [-0.39, 0.29) is 5.69 Å². The second-order valence-electron chi connectivity index (χ2n) is 7.15. The van der Waals surface area contributed by atoms with Gasteiger partial charge in [0.05, 0.1) is 17.0 Å². The average molecular weight is 408 g/mol. The number of rotatable bonds is 8. The second-order valence-corrected chi connectivity index (χ2v) is 7.15. The van der Waals surface area contributed by atoms with Gasteiger partial charge < -0.3 is 14.7 Å². The van der Waals surface area contributed by atoms with E-state index in [1.807, 2.05) is 24.4 Å². The van der Waals surface area contributed by atoms with E-state index in [4.69, 9.17) is 4.52 Å². The van der Waals surface area contributed by atoms with Crippen molar-refractivity contribution in [2.24, 2.45) is 0 Å². The SMILES string of the molecule is O=[N+]([O-])c1ccccc1-c1cc(CNCCN2CCN(c3ccccn3)CC2)on1. The number of anilines is 1. The van der Waals surface area contributed by atoms with Crippen molar-refractivity contribution in [3.8, 4) is 11.3 Å². The molecule has 0 bridgehead atoms. The summed E-state index contributed by atoms with van der Waals surface area (Å²) in [6.45, 7) is 6.25. The Hall–Kier alpha value is -3.30. The maximum Gasteiger partial charge on any atom is 0.278 e. The lowest BCUT2D eigenvalue weighted by Crippen LogP contribution is -2.48. The Balaban J connectivity index is 1.21. The first kappa shape index (κ1) is 20.0. The van der Waals surface area contributed by atoms with Crippen molar-refractivity contribution in [3.05, 3.63) is 70.6 Å². The molecule has 0 amide bonds.